The first-order chi connectivity index (χ1) is 15.5. The molecule has 0 unspecified atom stereocenters. The minimum absolute atomic E-state index is 0.0741. The third-order valence-corrected chi connectivity index (χ3v) is 6.53. The summed E-state index contributed by atoms with van der Waals surface area (Å²) in [7, 11) is -3.73. The molecule has 1 N–H and O–H groups in total. The second-order valence-electron chi connectivity index (χ2n) is 8.41. The number of hydrogen-bond donors (Lipinski definition) is 1. The van der Waals surface area contributed by atoms with Crippen LogP contribution in [0, 0.1) is 0 Å². The second-order valence-corrected chi connectivity index (χ2v) is 10.3. The molecule has 0 saturated heterocycles. The molecule has 8 heteroatoms. The Morgan fingerprint density at radius 2 is 1.58 bits per heavy atom. The van der Waals surface area contributed by atoms with Gasteiger partial charge in [-0.3, -0.25) is 13.9 Å². The fourth-order valence-corrected chi connectivity index (χ4v) is 4.50. The Labute approximate surface area is 197 Å². The molecule has 0 spiro atoms. The summed E-state index contributed by atoms with van der Waals surface area (Å²) in [5, 5.41) is 2.84. The highest BCUT2D eigenvalue weighted by Gasteiger charge is 2.30. The lowest BCUT2D eigenvalue weighted by Crippen LogP contribution is -2.53. The molecular formula is C25H35N3O4S. The third kappa shape index (κ3) is 7.60. The van der Waals surface area contributed by atoms with E-state index in [-0.39, 0.29) is 18.5 Å². The lowest BCUT2D eigenvalue weighted by Gasteiger charge is -2.32. The average molecular weight is 474 g/mol. The lowest BCUT2D eigenvalue weighted by molar-refractivity contribution is -0.139. The van der Waals surface area contributed by atoms with E-state index in [4.69, 9.17) is 0 Å². The van der Waals surface area contributed by atoms with E-state index in [2.05, 4.69) is 5.32 Å². The first-order valence-corrected chi connectivity index (χ1v) is 13.1. The van der Waals surface area contributed by atoms with Gasteiger partial charge in [-0.05, 0) is 50.8 Å². The van der Waals surface area contributed by atoms with Crippen LogP contribution in [0.2, 0.25) is 0 Å². The summed E-state index contributed by atoms with van der Waals surface area (Å²) in [5.41, 5.74) is 2.35. The Morgan fingerprint density at radius 1 is 0.970 bits per heavy atom. The molecule has 2 rings (SSSR count). The number of amides is 2. The van der Waals surface area contributed by atoms with Gasteiger partial charge in [-0.25, -0.2) is 8.42 Å². The number of hydrogen-bond acceptors (Lipinski definition) is 4. The molecule has 7 nitrogen and oxygen atoms in total. The maximum absolute atomic E-state index is 13.5. The second kappa shape index (κ2) is 11.8. The molecule has 33 heavy (non-hydrogen) atoms. The van der Waals surface area contributed by atoms with E-state index in [1.807, 2.05) is 63.2 Å². The van der Waals surface area contributed by atoms with Crippen LogP contribution in [0.1, 0.15) is 38.8 Å². The molecule has 0 aromatic heterocycles. The van der Waals surface area contributed by atoms with Crippen molar-refractivity contribution in [3.05, 3.63) is 65.7 Å². The molecule has 2 aromatic carbocycles. The van der Waals surface area contributed by atoms with Crippen molar-refractivity contribution in [1.82, 2.24) is 10.2 Å². The minimum atomic E-state index is -3.73. The van der Waals surface area contributed by atoms with Crippen molar-refractivity contribution >= 4 is 27.5 Å². The maximum atomic E-state index is 13.5. The van der Waals surface area contributed by atoms with Crippen LogP contribution in [-0.4, -0.2) is 56.6 Å². The predicted octanol–water partition coefficient (Wildman–Crippen LogP) is 3.00. The molecule has 180 valence electrons. The Hall–Kier alpha value is -2.87. The predicted molar refractivity (Wildman–Crippen MR) is 133 cm³/mol. The summed E-state index contributed by atoms with van der Waals surface area (Å²) in [6, 6.07) is 16.0. The van der Waals surface area contributed by atoms with Gasteiger partial charge in [0.2, 0.25) is 21.8 Å². The van der Waals surface area contributed by atoms with Gasteiger partial charge in [0.25, 0.3) is 0 Å². The van der Waals surface area contributed by atoms with E-state index in [1.165, 1.54) is 4.90 Å². The Morgan fingerprint density at radius 3 is 2.15 bits per heavy atom. The molecule has 0 saturated carbocycles. The van der Waals surface area contributed by atoms with E-state index in [0.29, 0.717) is 25.1 Å². The van der Waals surface area contributed by atoms with Crippen molar-refractivity contribution in [3.63, 3.8) is 0 Å². The number of sulfonamides is 1. The van der Waals surface area contributed by atoms with Gasteiger partial charge in [-0.15, -0.1) is 0 Å². The van der Waals surface area contributed by atoms with Crippen LogP contribution >= 0.6 is 0 Å². The van der Waals surface area contributed by atoms with Crippen LogP contribution in [0.15, 0.2) is 54.6 Å². The number of benzene rings is 2. The first kappa shape index (κ1) is 26.4. The summed E-state index contributed by atoms with van der Waals surface area (Å²) in [6.07, 6.45) is 2.27. The summed E-state index contributed by atoms with van der Waals surface area (Å²) in [6.45, 7) is 7.24. The van der Waals surface area contributed by atoms with Gasteiger partial charge in [-0.2, -0.15) is 0 Å². The van der Waals surface area contributed by atoms with Gasteiger partial charge in [0, 0.05) is 12.6 Å². The van der Waals surface area contributed by atoms with Crippen molar-refractivity contribution in [2.75, 3.05) is 23.7 Å². The summed E-state index contributed by atoms with van der Waals surface area (Å²) in [5.74, 6) is -0.694. The standard InChI is InChI=1S/C25H35N3O4S/c1-6-22-14-10-11-15-23(22)28(33(5,31)32)18-24(29)27(20(4)25(30)26-19(2)3)17-16-21-12-8-7-9-13-21/h7-15,19-20H,6,16-18H2,1-5H3,(H,26,30)/t20-/m1/s1. The van der Waals surface area contributed by atoms with Crippen LogP contribution in [0.25, 0.3) is 0 Å². The van der Waals surface area contributed by atoms with Crippen molar-refractivity contribution in [2.24, 2.45) is 0 Å². The fraction of sp³-hybridized carbons (Fsp3) is 0.440. The zero-order chi connectivity index (χ0) is 24.6. The van der Waals surface area contributed by atoms with Gasteiger partial charge in [-0.1, -0.05) is 55.5 Å². The monoisotopic (exact) mass is 473 g/mol. The number of rotatable bonds is 11. The molecule has 0 bridgehead atoms. The topological polar surface area (TPSA) is 86.8 Å². The SMILES string of the molecule is CCc1ccccc1N(CC(=O)N(CCc1ccccc1)[C@H](C)C(=O)NC(C)C)S(C)(=O)=O. The highest BCUT2D eigenvalue weighted by atomic mass is 32.2. The van der Waals surface area contributed by atoms with Crippen LogP contribution < -0.4 is 9.62 Å². The quantitative estimate of drug-likeness (QED) is 0.544. The van der Waals surface area contributed by atoms with Gasteiger partial charge < -0.3 is 10.2 Å². The van der Waals surface area contributed by atoms with Gasteiger partial charge in [0.15, 0.2) is 0 Å². The van der Waals surface area contributed by atoms with Gasteiger partial charge in [0.1, 0.15) is 12.6 Å². The highest BCUT2D eigenvalue weighted by molar-refractivity contribution is 7.92. The molecule has 0 fully saturated rings. The minimum Gasteiger partial charge on any atom is -0.352 e. The molecular weight excluding hydrogens is 438 g/mol. The molecule has 0 radical (unpaired) electrons. The van der Waals surface area contributed by atoms with Crippen molar-refractivity contribution in [3.8, 4) is 0 Å². The Kier molecular flexibility index (Phi) is 9.46. The average Bonchev–Trinajstić information content (AvgIpc) is 2.77. The van der Waals surface area contributed by atoms with E-state index in [1.54, 1.807) is 19.1 Å². The summed E-state index contributed by atoms with van der Waals surface area (Å²) >= 11 is 0. The number of carbonyl (C=O) groups is 2. The number of carbonyl (C=O) groups excluding carboxylic acids is 2. The van der Waals surface area contributed by atoms with Crippen molar-refractivity contribution < 1.29 is 18.0 Å². The Bertz CT molecular complexity index is 1040. The van der Waals surface area contributed by atoms with E-state index in [0.717, 1.165) is 21.7 Å². The van der Waals surface area contributed by atoms with Crippen molar-refractivity contribution in [1.29, 1.82) is 0 Å². The van der Waals surface area contributed by atoms with Crippen LogP contribution in [0.3, 0.4) is 0 Å². The highest BCUT2D eigenvalue weighted by Crippen LogP contribution is 2.24. The van der Waals surface area contributed by atoms with Crippen LogP contribution in [0.4, 0.5) is 5.69 Å². The first-order valence-electron chi connectivity index (χ1n) is 11.2. The lowest BCUT2D eigenvalue weighted by atomic mass is 10.1. The largest absolute Gasteiger partial charge is 0.352 e. The zero-order valence-electron chi connectivity index (χ0n) is 20.1. The van der Waals surface area contributed by atoms with E-state index >= 15 is 0 Å². The smallest absolute Gasteiger partial charge is 0.244 e. The van der Waals surface area contributed by atoms with E-state index in [9.17, 15) is 18.0 Å². The van der Waals surface area contributed by atoms with Gasteiger partial charge in [0.05, 0.1) is 11.9 Å². The Balaban J connectivity index is 2.34. The van der Waals surface area contributed by atoms with Crippen LogP contribution in [-0.2, 0) is 32.5 Å². The number of para-hydroxylation sites is 1. The number of aryl methyl sites for hydroxylation is 1. The molecule has 2 amide bonds. The molecule has 1 atom stereocenters. The third-order valence-electron chi connectivity index (χ3n) is 5.40. The van der Waals surface area contributed by atoms with Crippen molar-refractivity contribution in [2.45, 2.75) is 52.6 Å². The molecule has 0 aliphatic rings. The van der Waals surface area contributed by atoms with E-state index < -0.39 is 22.0 Å². The fourth-order valence-electron chi connectivity index (χ4n) is 3.62. The maximum Gasteiger partial charge on any atom is 0.244 e. The number of nitrogens with zero attached hydrogens (tertiary/aromatic N) is 2. The van der Waals surface area contributed by atoms with Gasteiger partial charge >= 0.3 is 0 Å². The normalized spacial score (nSPS) is 12.3. The van der Waals surface area contributed by atoms with Crippen LogP contribution in [0.5, 0.6) is 0 Å². The number of nitrogens with one attached hydrogen (secondary N) is 1. The number of anilines is 1. The summed E-state index contributed by atoms with van der Waals surface area (Å²) < 4.78 is 26.5. The summed E-state index contributed by atoms with van der Waals surface area (Å²) in [4.78, 5) is 27.7. The molecule has 2 aromatic rings. The molecule has 0 aliphatic carbocycles. The molecule has 0 aliphatic heterocycles. The molecule has 0 heterocycles. The zero-order valence-corrected chi connectivity index (χ0v) is 20.9.